The standard InChI is InChI=1S/C10H12FN5O3S/c11-10-14-7(12)4-8(15-10)16(2-13-4)9-5(18)6(20)3(1-17)19-9/h2-3,5-6,9,17-18,20H,1H2,(H2,12,14,15)/t3-,5+,6-,9-/m1/s1. The van der Waals surface area contributed by atoms with E-state index in [4.69, 9.17) is 15.6 Å². The number of fused-ring (bicyclic) bond motifs is 1. The summed E-state index contributed by atoms with van der Waals surface area (Å²) in [6.45, 7) is -0.292. The van der Waals surface area contributed by atoms with Gasteiger partial charge in [0.05, 0.1) is 24.3 Å². The molecule has 3 rings (SSSR count). The number of rotatable bonds is 2. The van der Waals surface area contributed by atoms with Crippen LogP contribution in [0.1, 0.15) is 6.23 Å². The Bertz CT molecular complexity index is 653. The summed E-state index contributed by atoms with van der Waals surface area (Å²) < 4.78 is 20.1. The largest absolute Gasteiger partial charge is 0.394 e. The van der Waals surface area contributed by atoms with Gasteiger partial charge in [0.25, 0.3) is 0 Å². The highest BCUT2D eigenvalue weighted by Gasteiger charge is 2.43. The Morgan fingerprint density at radius 2 is 2.25 bits per heavy atom. The fraction of sp³-hybridized carbons (Fsp3) is 0.500. The number of aliphatic hydroxyl groups excluding tert-OH is 2. The van der Waals surface area contributed by atoms with Crippen molar-refractivity contribution in [3.8, 4) is 0 Å². The molecule has 0 amide bonds. The molecule has 0 spiro atoms. The third-order valence-electron chi connectivity index (χ3n) is 3.21. The Morgan fingerprint density at radius 1 is 1.50 bits per heavy atom. The van der Waals surface area contributed by atoms with Crippen molar-refractivity contribution < 1.29 is 19.3 Å². The first kappa shape index (κ1) is 13.5. The smallest absolute Gasteiger partial charge is 0.312 e. The lowest BCUT2D eigenvalue weighted by atomic mass is 10.2. The Hall–Kier alpha value is -1.49. The van der Waals surface area contributed by atoms with Crippen molar-refractivity contribution in [1.82, 2.24) is 19.5 Å². The van der Waals surface area contributed by atoms with Gasteiger partial charge in [0.2, 0.25) is 0 Å². The van der Waals surface area contributed by atoms with Gasteiger partial charge in [-0.1, -0.05) is 0 Å². The van der Waals surface area contributed by atoms with Crippen LogP contribution in [0, 0.1) is 6.08 Å². The Labute approximate surface area is 117 Å². The zero-order valence-electron chi connectivity index (χ0n) is 10.1. The molecule has 20 heavy (non-hydrogen) atoms. The molecule has 3 heterocycles. The van der Waals surface area contributed by atoms with Gasteiger partial charge in [-0.3, -0.25) is 4.57 Å². The highest BCUT2D eigenvalue weighted by molar-refractivity contribution is 7.81. The Balaban J connectivity index is 2.07. The SMILES string of the molecule is Nc1nc(F)nc2c1ncn2[C@@H]1O[C@H](CO)[C@@H](S)[C@@H]1O. The predicted molar refractivity (Wildman–Crippen MR) is 69.5 cm³/mol. The van der Waals surface area contributed by atoms with Crippen LogP contribution in [-0.4, -0.2) is 53.8 Å². The third-order valence-corrected chi connectivity index (χ3v) is 3.85. The zero-order valence-corrected chi connectivity index (χ0v) is 11.0. The summed E-state index contributed by atoms with van der Waals surface area (Å²) in [7, 11) is 0. The summed E-state index contributed by atoms with van der Waals surface area (Å²) in [6.07, 6.45) is -2.20. The first-order valence-corrected chi connectivity index (χ1v) is 6.32. The normalized spacial score (nSPS) is 30.2. The molecule has 1 aliphatic rings. The molecular weight excluding hydrogens is 289 g/mol. The number of halogens is 1. The van der Waals surface area contributed by atoms with Crippen LogP contribution in [0.3, 0.4) is 0 Å². The molecule has 0 saturated carbocycles. The van der Waals surface area contributed by atoms with Crippen LogP contribution in [-0.2, 0) is 4.74 Å². The number of anilines is 1. The van der Waals surface area contributed by atoms with E-state index in [0.29, 0.717) is 0 Å². The number of aromatic nitrogens is 4. The van der Waals surface area contributed by atoms with Crippen molar-refractivity contribution >= 4 is 29.6 Å². The van der Waals surface area contributed by atoms with Crippen molar-refractivity contribution in [1.29, 1.82) is 0 Å². The number of nitrogens with zero attached hydrogens (tertiary/aromatic N) is 4. The van der Waals surface area contributed by atoms with Gasteiger partial charge in [-0.25, -0.2) is 4.98 Å². The maximum atomic E-state index is 13.3. The molecule has 0 unspecified atom stereocenters. The molecule has 0 aromatic carbocycles. The molecule has 8 nitrogen and oxygen atoms in total. The lowest BCUT2D eigenvalue weighted by Crippen LogP contribution is -2.28. The molecule has 2 aromatic heterocycles. The van der Waals surface area contributed by atoms with Gasteiger partial charge in [0.1, 0.15) is 6.10 Å². The molecule has 0 aliphatic carbocycles. The fourth-order valence-electron chi connectivity index (χ4n) is 2.21. The quantitative estimate of drug-likeness (QED) is 0.419. The summed E-state index contributed by atoms with van der Waals surface area (Å²) in [5, 5.41) is 18.7. The fourth-order valence-corrected chi connectivity index (χ4v) is 2.52. The van der Waals surface area contributed by atoms with Crippen LogP contribution in [0.4, 0.5) is 10.2 Å². The summed E-state index contributed by atoms with van der Waals surface area (Å²) in [6, 6.07) is 0. The minimum Gasteiger partial charge on any atom is -0.394 e. The summed E-state index contributed by atoms with van der Waals surface area (Å²) >= 11 is 4.19. The number of nitrogen functional groups attached to an aromatic ring is 1. The molecule has 2 aromatic rings. The van der Waals surface area contributed by atoms with Gasteiger partial charge in [0, 0.05) is 0 Å². The lowest BCUT2D eigenvalue weighted by Gasteiger charge is -2.16. The molecule has 10 heteroatoms. The zero-order chi connectivity index (χ0) is 14.4. The second-order valence-corrected chi connectivity index (χ2v) is 5.03. The molecule has 1 fully saturated rings. The van der Waals surface area contributed by atoms with Crippen LogP contribution in [0.25, 0.3) is 11.2 Å². The predicted octanol–water partition coefficient (Wildman–Crippen LogP) is -0.903. The maximum Gasteiger partial charge on any atom is 0.312 e. The highest BCUT2D eigenvalue weighted by Crippen LogP contribution is 2.34. The molecule has 4 atom stereocenters. The van der Waals surface area contributed by atoms with Crippen LogP contribution < -0.4 is 5.73 Å². The van der Waals surface area contributed by atoms with E-state index in [1.807, 2.05) is 0 Å². The average Bonchev–Trinajstić information content (AvgIpc) is 2.93. The first-order chi connectivity index (χ1) is 9.52. The number of ether oxygens (including phenoxy) is 1. The van der Waals surface area contributed by atoms with Crippen molar-refractivity contribution in [3.63, 3.8) is 0 Å². The number of nitrogens with two attached hydrogens (primary N) is 1. The first-order valence-electron chi connectivity index (χ1n) is 5.81. The number of hydrogen-bond acceptors (Lipinski definition) is 8. The molecule has 108 valence electrons. The van der Waals surface area contributed by atoms with Gasteiger partial charge < -0.3 is 20.7 Å². The van der Waals surface area contributed by atoms with E-state index >= 15 is 0 Å². The summed E-state index contributed by atoms with van der Waals surface area (Å²) in [4.78, 5) is 11.0. The molecule has 1 aliphatic heterocycles. The highest BCUT2D eigenvalue weighted by atomic mass is 32.1. The van der Waals surface area contributed by atoms with Gasteiger partial charge in [0.15, 0.2) is 23.2 Å². The second kappa shape index (κ2) is 4.81. The number of imidazole rings is 1. The van der Waals surface area contributed by atoms with E-state index < -0.39 is 29.8 Å². The minimum absolute atomic E-state index is 0.0973. The van der Waals surface area contributed by atoms with E-state index in [9.17, 15) is 9.50 Å². The molecule has 0 radical (unpaired) electrons. The van der Waals surface area contributed by atoms with E-state index in [1.54, 1.807) is 0 Å². The maximum absolute atomic E-state index is 13.3. The van der Waals surface area contributed by atoms with Gasteiger partial charge in [-0.05, 0) is 0 Å². The van der Waals surface area contributed by atoms with Crippen molar-refractivity contribution in [3.05, 3.63) is 12.4 Å². The second-order valence-electron chi connectivity index (χ2n) is 4.43. The van der Waals surface area contributed by atoms with Crippen LogP contribution in [0.2, 0.25) is 0 Å². The molecular formula is C10H12FN5O3S. The lowest BCUT2D eigenvalue weighted by molar-refractivity contribution is -0.0486. The van der Waals surface area contributed by atoms with E-state index in [0.717, 1.165) is 0 Å². The van der Waals surface area contributed by atoms with Crippen molar-refractivity contribution in [2.24, 2.45) is 0 Å². The molecule has 4 N–H and O–H groups in total. The Morgan fingerprint density at radius 3 is 2.90 bits per heavy atom. The number of aliphatic hydroxyl groups is 2. The average molecular weight is 301 g/mol. The van der Waals surface area contributed by atoms with Gasteiger partial charge in [-0.2, -0.15) is 27.0 Å². The van der Waals surface area contributed by atoms with Crippen molar-refractivity contribution in [2.45, 2.75) is 23.7 Å². The van der Waals surface area contributed by atoms with Crippen LogP contribution in [0.5, 0.6) is 0 Å². The van der Waals surface area contributed by atoms with E-state index in [-0.39, 0.29) is 23.6 Å². The van der Waals surface area contributed by atoms with E-state index in [1.165, 1.54) is 10.9 Å². The van der Waals surface area contributed by atoms with Crippen LogP contribution >= 0.6 is 12.6 Å². The van der Waals surface area contributed by atoms with E-state index in [2.05, 4.69) is 27.6 Å². The minimum atomic E-state index is -1.01. The monoisotopic (exact) mass is 301 g/mol. The van der Waals surface area contributed by atoms with Crippen LogP contribution in [0.15, 0.2) is 6.33 Å². The number of thiol groups is 1. The third kappa shape index (κ3) is 1.92. The topological polar surface area (TPSA) is 119 Å². The number of hydrogen-bond donors (Lipinski definition) is 4. The van der Waals surface area contributed by atoms with Gasteiger partial charge >= 0.3 is 6.08 Å². The summed E-state index contributed by atoms with van der Waals surface area (Å²) in [5.41, 5.74) is 5.88. The molecule has 1 saturated heterocycles. The Kier molecular flexibility index (Phi) is 3.24. The summed E-state index contributed by atoms with van der Waals surface area (Å²) in [5.74, 6) is -0.0973. The van der Waals surface area contributed by atoms with Crippen molar-refractivity contribution in [2.75, 3.05) is 12.3 Å². The molecule has 0 bridgehead atoms. The van der Waals surface area contributed by atoms with Gasteiger partial charge in [-0.15, -0.1) is 0 Å².